The molecule has 0 spiro atoms. The van der Waals surface area contributed by atoms with Crippen LogP contribution in [0.15, 0.2) is 0 Å². The predicted molar refractivity (Wildman–Crippen MR) is 368 cm³/mol. The van der Waals surface area contributed by atoms with Gasteiger partial charge in [0.25, 0.3) is 0 Å². The van der Waals surface area contributed by atoms with Crippen LogP contribution in [0.4, 0.5) is 0 Å². The van der Waals surface area contributed by atoms with Crippen LogP contribution in [0.25, 0.3) is 0 Å². The van der Waals surface area contributed by atoms with E-state index in [1.54, 1.807) is 0 Å². The molecule has 91 heavy (non-hydrogen) atoms. The molecule has 17 nitrogen and oxygen atoms in total. The summed E-state index contributed by atoms with van der Waals surface area (Å²) >= 11 is 0. The minimum Gasteiger partial charge on any atom is -0.462 e. The van der Waals surface area contributed by atoms with Gasteiger partial charge in [-0.25, -0.2) is 9.13 Å². The maximum absolute atomic E-state index is 13.0. The molecule has 5 unspecified atom stereocenters. The fourth-order valence-corrected chi connectivity index (χ4v) is 12.4. The third-order valence-corrected chi connectivity index (χ3v) is 19.6. The second kappa shape index (κ2) is 62.8. The SMILES string of the molecule is CCCCCCCCCCCCCCCCCC(=O)O[C@H](COC(=O)CCCCCCCCCCC(C)CC)COP(=O)(O)OC[C@@H](O)COP(=O)(O)OC[C@@H](COC(=O)CCCCCCCCCCC(C)CC)OC(=O)CCCCCCCCCCC(C)CC. The fourth-order valence-electron chi connectivity index (χ4n) is 10.8. The molecule has 0 aromatic carbocycles. The second-order valence-electron chi connectivity index (χ2n) is 26.7. The Morgan fingerprint density at radius 3 is 0.780 bits per heavy atom. The van der Waals surface area contributed by atoms with Crippen molar-refractivity contribution in [3.8, 4) is 0 Å². The second-order valence-corrected chi connectivity index (χ2v) is 29.6. The van der Waals surface area contributed by atoms with Crippen molar-refractivity contribution in [1.29, 1.82) is 0 Å². The lowest BCUT2D eigenvalue weighted by Crippen LogP contribution is -2.30. The van der Waals surface area contributed by atoms with Crippen LogP contribution in [-0.2, 0) is 65.4 Å². The number of esters is 4. The van der Waals surface area contributed by atoms with Crippen molar-refractivity contribution in [3.63, 3.8) is 0 Å². The standard InChI is InChI=1S/C72H140O17P2/c1-8-12-13-14-15-16-17-18-19-20-21-22-34-41-48-55-71(76)88-67(59-82-69(74)53-46-39-32-26-23-29-36-43-50-63(5)9-2)61-86-90(78,79)84-57-66(73)58-85-91(80,81)87-62-68(89-72(77)56-49-42-35-28-25-31-38-45-52-65(7)11-4)60-83-70(75)54-47-40-33-27-24-30-37-44-51-64(6)10-3/h63-68,73H,8-62H2,1-7H3,(H,78,79)(H,80,81)/t63?,64?,65?,66-,67-,68-/m1/s1. The van der Waals surface area contributed by atoms with Crippen LogP contribution in [0.1, 0.15) is 363 Å². The summed E-state index contributed by atoms with van der Waals surface area (Å²) in [5, 5.41) is 10.6. The van der Waals surface area contributed by atoms with Crippen molar-refractivity contribution in [2.45, 2.75) is 381 Å². The van der Waals surface area contributed by atoms with Crippen molar-refractivity contribution >= 4 is 39.5 Å². The number of hydrogen-bond acceptors (Lipinski definition) is 15. The summed E-state index contributed by atoms with van der Waals surface area (Å²) in [4.78, 5) is 72.7. The summed E-state index contributed by atoms with van der Waals surface area (Å²) in [6.07, 6.45) is 46.9. The Labute approximate surface area is 556 Å². The molecule has 0 aromatic rings. The van der Waals surface area contributed by atoms with Crippen LogP contribution in [0, 0.1) is 17.8 Å². The van der Waals surface area contributed by atoms with E-state index in [2.05, 4.69) is 48.5 Å². The molecular formula is C72H140O17P2. The summed E-state index contributed by atoms with van der Waals surface area (Å²) in [6, 6.07) is 0. The van der Waals surface area contributed by atoms with Gasteiger partial charge < -0.3 is 33.8 Å². The summed E-state index contributed by atoms with van der Waals surface area (Å²) in [6.45, 7) is 11.9. The Morgan fingerprint density at radius 1 is 0.308 bits per heavy atom. The van der Waals surface area contributed by atoms with E-state index in [4.69, 9.17) is 37.0 Å². The first-order valence-electron chi connectivity index (χ1n) is 37.5. The zero-order valence-electron chi connectivity index (χ0n) is 59.3. The summed E-state index contributed by atoms with van der Waals surface area (Å²) in [7, 11) is -9.91. The number of phosphoric ester groups is 2. The van der Waals surface area contributed by atoms with Crippen molar-refractivity contribution in [1.82, 2.24) is 0 Å². The maximum atomic E-state index is 13.0. The maximum Gasteiger partial charge on any atom is 0.472 e. The smallest absolute Gasteiger partial charge is 0.462 e. The summed E-state index contributed by atoms with van der Waals surface area (Å²) < 4.78 is 68.4. The number of aliphatic hydroxyl groups is 1. The monoisotopic (exact) mass is 1340 g/mol. The van der Waals surface area contributed by atoms with E-state index in [0.717, 1.165) is 108 Å². The van der Waals surface area contributed by atoms with Gasteiger partial charge in [0.15, 0.2) is 12.2 Å². The van der Waals surface area contributed by atoms with Crippen LogP contribution in [-0.4, -0.2) is 96.7 Å². The van der Waals surface area contributed by atoms with Gasteiger partial charge in [0.2, 0.25) is 0 Å². The highest BCUT2D eigenvalue weighted by molar-refractivity contribution is 7.47. The molecule has 0 saturated carbocycles. The Kier molecular flexibility index (Phi) is 61.5. The Balaban J connectivity index is 5.28. The van der Waals surface area contributed by atoms with Gasteiger partial charge in [0.1, 0.15) is 19.3 Å². The first-order chi connectivity index (χ1) is 43.8. The van der Waals surface area contributed by atoms with E-state index in [9.17, 15) is 43.2 Å². The molecule has 0 aliphatic carbocycles. The number of aliphatic hydroxyl groups excluding tert-OH is 1. The van der Waals surface area contributed by atoms with Gasteiger partial charge in [-0.1, -0.05) is 312 Å². The lowest BCUT2D eigenvalue weighted by Gasteiger charge is -2.21. The van der Waals surface area contributed by atoms with Crippen LogP contribution >= 0.6 is 15.6 Å². The van der Waals surface area contributed by atoms with Crippen molar-refractivity contribution < 1.29 is 80.2 Å². The number of rotatable bonds is 70. The Hall–Kier alpha value is -1.94. The van der Waals surface area contributed by atoms with E-state index in [0.29, 0.717) is 25.7 Å². The lowest BCUT2D eigenvalue weighted by molar-refractivity contribution is -0.161. The van der Waals surface area contributed by atoms with Gasteiger partial charge in [-0.15, -0.1) is 0 Å². The predicted octanol–water partition coefficient (Wildman–Crippen LogP) is 20.6. The normalized spacial score (nSPS) is 15.1. The fraction of sp³-hybridized carbons (Fsp3) is 0.944. The molecule has 0 saturated heterocycles. The average Bonchev–Trinajstić information content (AvgIpc) is 3.57. The summed E-state index contributed by atoms with van der Waals surface area (Å²) in [5.74, 6) is 0.201. The number of ether oxygens (including phenoxy) is 4. The van der Waals surface area contributed by atoms with Crippen LogP contribution < -0.4 is 0 Å². The van der Waals surface area contributed by atoms with Crippen molar-refractivity contribution in [3.05, 3.63) is 0 Å². The van der Waals surface area contributed by atoms with Gasteiger partial charge >= 0.3 is 39.5 Å². The molecule has 0 aromatic heterocycles. The molecule has 3 N–H and O–H groups in total. The van der Waals surface area contributed by atoms with E-state index in [-0.39, 0.29) is 25.7 Å². The molecule has 0 aliphatic heterocycles. The number of phosphoric acid groups is 2. The first kappa shape index (κ1) is 89.1. The van der Waals surface area contributed by atoms with Crippen LogP contribution in [0.2, 0.25) is 0 Å². The molecule has 0 amide bonds. The van der Waals surface area contributed by atoms with Gasteiger partial charge in [-0.05, 0) is 43.4 Å². The molecule has 0 fully saturated rings. The third kappa shape index (κ3) is 62.6. The van der Waals surface area contributed by atoms with E-state index >= 15 is 0 Å². The third-order valence-electron chi connectivity index (χ3n) is 17.7. The highest BCUT2D eigenvalue weighted by Gasteiger charge is 2.30. The Morgan fingerprint density at radius 2 is 0.527 bits per heavy atom. The zero-order chi connectivity index (χ0) is 67.3. The van der Waals surface area contributed by atoms with E-state index < -0.39 is 97.5 Å². The first-order valence-corrected chi connectivity index (χ1v) is 40.5. The Bertz CT molecular complexity index is 1790. The molecule has 0 bridgehead atoms. The largest absolute Gasteiger partial charge is 0.472 e. The molecule has 0 radical (unpaired) electrons. The number of carbonyl (C=O) groups excluding carboxylic acids is 4. The molecule has 8 atom stereocenters. The van der Waals surface area contributed by atoms with Gasteiger partial charge in [-0.3, -0.25) is 37.3 Å². The number of hydrogen-bond donors (Lipinski definition) is 3. The molecule has 540 valence electrons. The highest BCUT2D eigenvalue weighted by atomic mass is 31.2. The molecule has 0 aliphatic rings. The molecule has 0 heterocycles. The minimum absolute atomic E-state index is 0.104. The van der Waals surface area contributed by atoms with Crippen molar-refractivity contribution in [2.24, 2.45) is 17.8 Å². The van der Waals surface area contributed by atoms with E-state index in [1.807, 2.05) is 0 Å². The molecule has 19 heteroatoms. The topological polar surface area (TPSA) is 237 Å². The van der Waals surface area contributed by atoms with Gasteiger partial charge in [0, 0.05) is 25.7 Å². The summed E-state index contributed by atoms with van der Waals surface area (Å²) in [5.41, 5.74) is 0. The quantitative estimate of drug-likeness (QED) is 0.0222. The number of unbranched alkanes of at least 4 members (excludes halogenated alkanes) is 35. The van der Waals surface area contributed by atoms with E-state index in [1.165, 1.54) is 173 Å². The number of carbonyl (C=O) groups is 4. The average molecular weight is 1340 g/mol. The minimum atomic E-state index is -4.95. The zero-order valence-corrected chi connectivity index (χ0v) is 61.1. The van der Waals surface area contributed by atoms with Crippen molar-refractivity contribution in [2.75, 3.05) is 39.6 Å². The van der Waals surface area contributed by atoms with Gasteiger partial charge in [-0.2, -0.15) is 0 Å². The lowest BCUT2D eigenvalue weighted by atomic mass is 9.99. The van der Waals surface area contributed by atoms with Gasteiger partial charge in [0.05, 0.1) is 26.4 Å². The van der Waals surface area contributed by atoms with Crippen LogP contribution in [0.5, 0.6) is 0 Å². The molecule has 0 rings (SSSR count). The van der Waals surface area contributed by atoms with Crippen LogP contribution in [0.3, 0.4) is 0 Å². The highest BCUT2D eigenvalue weighted by Crippen LogP contribution is 2.45. The molecular weight excluding hydrogens is 1200 g/mol.